The van der Waals surface area contributed by atoms with E-state index in [1.54, 1.807) is 0 Å². The number of alkyl halides is 3. The number of nitrogens with zero attached hydrogens (tertiary/aromatic N) is 3. The first-order chi connectivity index (χ1) is 17.5. The SMILES string of the molecule is CC(C1CCOC1)N1CCCc2c(-c3nc(NC4CCC(C)(C)NC4)ncc3C(F)(F)F)c[nH]c2C1=O. The predicted molar refractivity (Wildman–Crippen MR) is 133 cm³/mol. The maximum atomic E-state index is 14.0. The number of anilines is 1. The van der Waals surface area contributed by atoms with Crippen LogP contribution in [0.1, 0.15) is 68.1 Å². The summed E-state index contributed by atoms with van der Waals surface area (Å²) in [6.45, 7) is 8.79. The molecule has 202 valence electrons. The van der Waals surface area contributed by atoms with Gasteiger partial charge in [-0.15, -0.1) is 0 Å². The molecule has 0 aromatic carbocycles. The topological polar surface area (TPSA) is 95.2 Å². The lowest BCUT2D eigenvalue weighted by atomic mass is 9.91. The number of fused-ring (bicyclic) bond motifs is 1. The van der Waals surface area contributed by atoms with Gasteiger partial charge in [0.25, 0.3) is 5.91 Å². The van der Waals surface area contributed by atoms with Gasteiger partial charge in [0.05, 0.1) is 12.3 Å². The Morgan fingerprint density at radius 2 is 2.11 bits per heavy atom. The maximum absolute atomic E-state index is 14.0. The quantitative estimate of drug-likeness (QED) is 0.546. The number of ether oxygens (including phenoxy) is 1. The van der Waals surface area contributed by atoms with Crippen molar-refractivity contribution in [2.75, 3.05) is 31.6 Å². The van der Waals surface area contributed by atoms with Gasteiger partial charge in [-0.05, 0) is 58.4 Å². The van der Waals surface area contributed by atoms with Gasteiger partial charge in [0, 0.05) is 61.2 Å². The fourth-order valence-electron chi connectivity index (χ4n) is 5.66. The minimum Gasteiger partial charge on any atom is -0.381 e. The van der Waals surface area contributed by atoms with Crippen LogP contribution in [0, 0.1) is 5.92 Å². The highest BCUT2D eigenvalue weighted by Crippen LogP contribution is 2.39. The van der Waals surface area contributed by atoms with E-state index in [2.05, 4.69) is 39.4 Å². The summed E-state index contributed by atoms with van der Waals surface area (Å²) in [6, 6.07) is -0.000453. The van der Waals surface area contributed by atoms with Crippen LogP contribution in [-0.4, -0.2) is 69.7 Å². The molecule has 3 aliphatic rings. The molecule has 2 saturated heterocycles. The molecule has 3 unspecified atom stereocenters. The van der Waals surface area contributed by atoms with Gasteiger partial charge >= 0.3 is 6.18 Å². The second-order valence-corrected chi connectivity index (χ2v) is 11.1. The van der Waals surface area contributed by atoms with E-state index < -0.39 is 11.7 Å². The molecule has 5 rings (SSSR count). The fourth-order valence-corrected chi connectivity index (χ4v) is 5.66. The molecule has 2 aromatic heterocycles. The molecule has 2 fully saturated rings. The standard InChI is InChI=1S/C26H35F3N6O2/c1-15(16-7-10-37-14-16)35-9-4-5-18-19(12-30-22(18)23(35)36)21-20(26(27,28)29)13-31-24(34-21)33-17-6-8-25(2,3)32-11-17/h12-13,15-17,30,32H,4-11,14H2,1-3H3,(H,31,33,34). The minimum atomic E-state index is -4.63. The van der Waals surface area contributed by atoms with Crippen LogP contribution in [-0.2, 0) is 17.3 Å². The molecule has 5 heterocycles. The zero-order valence-electron chi connectivity index (χ0n) is 21.5. The van der Waals surface area contributed by atoms with Gasteiger partial charge in [0.2, 0.25) is 5.95 Å². The molecule has 8 nitrogen and oxygen atoms in total. The number of aromatic nitrogens is 3. The van der Waals surface area contributed by atoms with Crippen LogP contribution in [0.3, 0.4) is 0 Å². The summed E-state index contributed by atoms with van der Waals surface area (Å²) in [5, 5.41) is 6.64. The van der Waals surface area contributed by atoms with Crippen molar-refractivity contribution in [3.8, 4) is 11.3 Å². The number of hydrogen-bond acceptors (Lipinski definition) is 6. The van der Waals surface area contributed by atoms with Crippen LogP contribution in [0.15, 0.2) is 12.4 Å². The number of halogens is 3. The molecule has 0 saturated carbocycles. The van der Waals surface area contributed by atoms with E-state index in [0.29, 0.717) is 56.0 Å². The summed E-state index contributed by atoms with van der Waals surface area (Å²) in [4.78, 5) is 26.7. The van der Waals surface area contributed by atoms with Crippen LogP contribution in [0.5, 0.6) is 0 Å². The Balaban J connectivity index is 1.46. The van der Waals surface area contributed by atoms with E-state index in [4.69, 9.17) is 4.74 Å². The fraction of sp³-hybridized carbons (Fsp3) is 0.654. The molecule has 3 atom stereocenters. The second kappa shape index (κ2) is 9.90. The molecule has 0 radical (unpaired) electrons. The highest BCUT2D eigenvalue weighted by molar-refractivity contribution is 5.97. The summed E-state index contributed by atoms with van der Waals surface area (Å²) < 4.78 is 47.6. The third kappa shape index (κ3) is 5.34. The highest BCUT2D eigenvalue weighted by atomic mass is 19.4. The predicted octanol–water partition coefficient (Wildman–Crippen LogP) is 4.25. The largest absolute Gasteiger partial charge is 0.419 e. The van der Waals surface area contributed by atoms with Crippen molar-refractivity contribution in [2.45, 2.75) is 76.7 Å². The lowest BCUT2D eigenvalue weighted by molar-refractivity contribution is -0.137. The Morgan fingerprint density at radius 1 is 1.30 bits per heavy atom. The number of aromatic amines is 1. The number of nitrogens with one attached hydrogen (secondary N) is 3. The zero-order chi connectivity index (χ0) is 26.4. The van der Waals surface area contributed by atoms with Crippen molar-refractivity contribution in [3.05, 3.63) is 29.2 Å². The summed E-state index contributed by atoms with van der Waals surface area (Å²) >= 11 is 0. The molecule has 11 heteroatoms. The summed E-state index contributed by atoms with van der Waals surface area (Å²) in [5.74, 6) is 0.225. The molecule has 0 aliphatic carbocycles. The average Bonchev–Trinajstić information content (AvgIpc) is 3.49. The highest BCUT2D eigenvalue weighted by Gasteiger charge is 2.39. The van der Waals surface area contributed by atoms with Gasteiger partial charge < -0.3 is 25.3 Å². The Hall–Kier alpha value is -2.66. The molecule has 3 aliphatic heterocycles. The Labute approximate surface area is 214 Å². The minimum absolute atomic E-state index is 0.0112. The number of H-pyrrole nitrogens is 1. The molecule has 1 amide bonds. The Morgan fingerprint density at radius 3 is 2.78 bits per heavy atom. The molecule has 0 bridgehead atoms. The van der Waals surface area contributed by atoms with E-state index in [9.17, 15) is 18.0 Å². The van der Waals surface area contributed by atoms with Crippen molar-refractivity contribution in [2.24, 2.45) is 5.92 Å². The van der Waals surface area contributed by atoms with Gasteiger partial charge in [0.15, 0.2) is 0 Å². The van der Waals surface area contributed by atoms with E-state index in [0.717, 1.165) is 25.5 Å². The normalized spacial score (nSPS) is 25.0. The van der Waals surface area contributed by atoms with Crippen molar-refractivity contribution in [1.82, 2.24) is 25.2 Å². The summed E-state index contributed by atoms with van der Waals surface area (Å²) in [5.41, 5.74) is 0.146. The number of carbonyl (C=O) groups excluding carboxylic acids is 1. The molecular weight excluding hydrogens is 485 g/mol. The number of rotatable bonds is 5. The third-order valence-corrected chi connectivity index (χ3v) is 8.05. The van der Waals surface area contributed by atoms with Crippen LogP contribution in [0.25, 0.3) is 11.3 Å². The van der Waals surface area contributed by atoms with E-state index in [-0.39, 0.29) is 41.1 Å². The molecule has 3 N–H and O–H groups in total. The zero-order valence-corrected chi connectivity index (χ0v) is 21.5. The molecular formula is C26H35F3N6O2. The van der Waals surface area contributed by atoms with Gasteiger partial charge in [-0.25, -0.2) is 9.97 Å². The van der Waals surface area contributed by atoms with Crippen LogP contribution >= 0.6 is 0 Å². The third-order valence-electron chi connectivity index (χ3n) is 8.05. The number of amides is 1. The summed E-state index contributed by atoms with van der Waals surface area (Å²) in [6.07, 6.45) is 1.51. The van der Waals surface area contributed by atoms with Crippen molar-refractivity contribution >= 4 is 11.9 Å². The number of hydrogen-bond donors (Lipinski definition) is 3. The van der Waals surface area contributed by atoms with Crippen molar-refractivity contribution in [1.29, 1.82) is 0 Å². The maximum Gasteiger partial charge on any atom is 0.419 e. The second-order valence-electron chi connectivity index (χ2n) is 11.1. The number of carbonyl (C=O) groups is 1. The summed E-state index contributed by atoms with van der Waals surface area (Å²) in [7, 11) is 0. The van der Waals surface area contributed by atoms with Crippen LogP contribution in [0.2, 0.25) is 0 Å². The van der Waals surface area contributed by atoms with Gasteiger partial charge in [0.1, 0.15) is 11.3 Å². The first-order valence-electron chi connectivity index (χ1n) is 13.1. The van der Waals surface area contributed by atoms with Crippen molar-refractivity contribution < 1.29 is 22.7 Å². The first kappa shape index (κ1) is 26.0. The number of piperidine rings is 1. The van der Waals surface area contributed by atoms with Crippen molar-refractivity contribution in [3.63, 3.8) is 0 Å². The van der Waals surface area contributed by atoms with Gasteiger partial charge in [-0.3, -0.25) is 4.79 Å². The lowest BCUT2D eigenvalue weighted by Gasteiger charge is -2.36. The van der Waals surface area contributed by atoms with E-state index in [1.165, 1.54) is 6.20 Å². The molecule has 2 aromatic rings. The average molecular weight is 521 g/mol. The molecule has 0 spiro atoms. The monoisotopic (exact) mass is 520 g/mol. The lowest BCUT2D eigenvalue weighted by Crippen LogP contribution is -2.50. The Bertz CT molecular complexity index is 1130. The first-order valence-corrected chi connectivity index (χ1v) is 13.1. The van der Waals surface area contributed by atoms with E-state index >= 15 is 0 Å². The Kier molecular flexibility index (Phi) is 6.95. The van der Waals surface area contributed by atoms with E-state index in [1.807, 2.05) is 11.8 Å². The van der Waals surface area contributed by atoms with Gasteiger partial charge in [-0.1, -0.05) is 0 Å². The van der Waals surface area contributed by atoms with Crippen LogP contribution in [0.4, 0.5) is 19.1 Å². The molecule has 37 heavy (non-hydrogen) atoms. The smallest absolute Gasteiger partial charge is 0.381 e. The van der Waals surface area contributed by atoms with Gasteiger partial charge in [-0.2, -0.15) is 13.2 Å². The van der Waals surface area contributed by atoms with Crippen LogP contribution < -0.4 is 10.6 Å².